The van der Waals surface area contributed by atoms with Gasteiger partial charge < -0.3 is 15.4 Å². The number of morpholine rings is 1. The average molecular weight is 350 g/mol. The van der Waals surface area contributed by atoms with Crippen molar-refractivity contribution < 1.29 is 9.53 Å². The Balaban J connectivity index is 1.51. The van der Waals surface area contributed by atoms with Gasteiger partial charge in [0, 0.05) is 31.9 Å². The first-order chi connectivity index (χ1) is 12.7. The summed E-state index contributed by atoms with van der Waals surface area (Å²) in [6.45, 7) is 4.81. The first kappa shape index (κ1) is 17.9. The Kier molecular flexibility index (Phi) is 6.20. The number of benzene rings is 2. The fourth-order valence-electron chi connectivity index (χ4n) is 2.88. The Hall–Kier alpha value is -2.88. The maximum atomic E-state index is 12.1. The Morgan fingerprint density at radius 3 is 2.69 bits per heavy atom. The fourth-order valence-corrected chi connectivity index (χ4v) is 2.88. The molecule has 134 valence electrons. The highest BCUT2D eigenvalue weighted by Gasteiger charge is 2.11. The fraction of sp³-hybridized carbons (Fsp3) is 0.300. The molecule has 0 radical (unpaired) electrons. The first-order valence-corrected chi connectivity index (χ1v) is 8.66. The summed E-state index contributed by atoms with van der Waals surface area (Å²) < 4.78 is 5.38. The minimum absolute atomic E-state index is 0.293. The highest BCUT2D eigenvalue weighted by molar-refractivity contribution is 5.89. The van der Waals surface area contributed by atoms with E-state index in [0.29, 0.717) is 17.8 Å². The highest BCUT2D eigenvalue weighted by atomic mass is 16.5. The summed E-state index contributed by atoms with van der Waals surface area (Å²) >= 11 is 0. The number of nitrogens with one attached hydrogen (secondary N) is 2. The van der Waals surface area contributed by atoms with Crippen LogP contribution in [0.1, 0.15) is 16.7 Å². The van der Waals surface area contributed by atoms with Crippen molar-refractivity contribution in [1.29, 1.82) is 5.26 Å². The largest absolute Gasteiger partial charge is 0.379 e. The number of carbonyl (C=O) groups is 1. The van der Waals surface area contributed by atoms with Crippen molar-refractivity contribution in [2.24, 2.45) is 0 Å². The lowest BCUT2D eigenvalue weighted by molar-refractivity contribution is 0.0342. The third-order valence-corrected chi connectivity index (χ3v) is 4.20. The summed E-state index contributed by atoms with van der Waals surface area (Å²) in [5.74, 6) is 0. The minimum Gasteiger partial charge on any atom is -0.379 e. The van der Waals surface area contributed by atoms with Crippen molar-refractivity contribution in [3.8, 4) is 6.07 Å². The molecule has 1 heterocycles. The third kappa shape index (κ3) is 5.31. The smallest absolute Gasteiger partial charge is 0.319 e. The van der Waals surface area contributed by atoms with E-state index in [-0.39, 0.29) is 6.03 Å². The van der Waals surface area contributed by atoms with Crippen molar-refractivity contribution in [1.82, 2.24) is 10.2 Å². The number of amides is 2. The molecule has 1 aliphatic heterocycles. The molecule has 1 aliphatic rings. The van der Waals surface area contributed by atoms with Crippen molar-refractivity contribution in [2.75, 3.05) is 31.6 Å². The number of hydrogen-bond donors (Lipinski definition) is 2. The van der Waals surface area contributed by atoms with Gasteiger partial charge in [-0.2, -0.15) is 5.26 Å². The number of anilines is 1. The summed E-state index contributed by atoms with van der Waals surface area (Å²) in [6.07, 6.45) is 0. The predicted octanol–water partition coefficient (Wildman–Crippen LogP) is 2.71. The van der Waals surface area contributed by atoms with Gasteiger partial charge in [0.05, 0.1) is 24.8 Å². The average Bonchev–Trinajstić information content (AvgIpc) is 2.68. The van der Waals surface area contributed by atoms with Gasteiger partial charge in [0.1, 0.15) is 0 Å². The van der Waals surface area contributed by atoms with Crippen LogP contribution in [0.2, 0.25) is 0 Å². The number of hydrogen-bond acceptors (Lipinski definition) is 4. The normalized spacial score (nSPS) is 14.4. The zero-order valence-electron chi connectivity index (χ0n) is 14.6. The number of carbonyl (C=O) groups excluding carboxylic acids is 1. The van der Waals surface area contributed by atoms with Gasteiger partial charge >= 0.3 is 6.03 Å². The Bertz CT molecular complexity index is 794. The van der Waals surface area contributed by atoms with Crippen LogP contribution in [-0.2, 0) is 17.8 Å². The second-order valence-electron chi connectivity index (χ2n) is 6.21. The molecule has 0 aromatic heterocycles. The van der Waals surface area contributed by atoms with Crippen LogP contribution < -0.4 is 10.6 Å². The lowest BCUT2D eigenvalue weighted by Crippen LogP contribution is -2.35. The van der Waals surface area contributed by atoms with E-state index in [4.69, 9.17) is 10.00 Å². The van der Waals surface area contributed by atoms with Gasteiger partial charge in [-0.25, -0.2) is 4.79 Å². The lowest BCUT2D eigenvalue weighted by atomic mass is 10.1. The van der Waals surface area contributed by atoms with Gasteiger partial charge in [0.25, 0.3) is 0 Å². The molecule has 0 saturated carbocycles. The van der Waals surface area contributed by atoms with E-state index in [1.165, 1.54) is 5.56 Å². The topological polar surface area (TPSA) is 77.4 Å². The zero-order chi connectivity index (χ0) is 18.2. The van der Waals surface area contributed by atoms with Crippen LogP contribution in [-0.4, -0.2) is 37.2 Å². The molecule has 2 aromatic carbocycles. The van der Waals surface area contributed by atoms with E-state index in [9.17, 15) is 4.79 Å². The molecule has 2 N–H and O–H groups in total. The van der Waals surface area contributed by atoms with E-state index in [0.717, 1.165) is 38.4 Å². The molecule has 2 aromatic rings. The molecule has 3 rings (SSSR count). The van der Waals surface area contributed by atoms with Crippen molar-refractivity contribution in [2.45, 2.75) is 13.1 Å². The van der Waals surface area contributed by atoms with Crippen molar-refractivity contribution >= 4 is 11.7 Å². The van der Waals surface area contributed by atoms with E-state index in [2.05, 4.69) is 33.7 Å². The number of nitrogens with zero attached hydrogens (tertiary/aromatic N) is 2. The number of nitriles is 1. The molecule has 26 heavy (non-hydrogen) atoms. The summed E-state index contributed by atoms with van der Waals surface area (Å²) in [7, 11) is 0. The monoisotopic (exact) mass is 350 g/mol. The van der Waals surface area contributed by atoms with E-state index in [1.54, 1.807) is 24.3 Å². The molecule has 0 spiro atoms. The zero-order valence-corrected chi connectivity index (χ0v) is 14.6. The Morgan fingerprint density at radius 2 is 1.88 bits per heavy atom. The van der Waals surface area contributed by atoms with Crippen molar-refractivity contribution in [3.63, 3.8) is 0 Å². The molecule has 6 nitrogen and oxygen atoms in total. The standard InChI is InChI=1S/C20H22N4O2/c21-13-16-3-2-6-19(12-16)23-20(25)22-14-17-4-1-5-18(11-17)15-24-7-9-26-10-8-24/h1-6,11-12H,7-10,14-15H2,(H2,22,23,25). The molecule has 0 atom stereocenters. The molecule has 0 unspecified atom stereocenters. The minimum atomic E-state index is -0.293. The van der Waals surface area contributed by atoms with E-state index >= 15 is 0 Å². The lowest BCUT2D eigenvalue weighted by Gasteiger charge is -2.26. The second kappa shape index (κ2) is 8.99. The van der Waals surface area contributed by atoms with E-state index < -0.39 is 0 Å². The maximum Gasteiger partial charge on any atom is 0.319 e. The van der Waals surface area contributed by atoms with Crippen LogP contribution >= 0.6 is 0 Å². The van der Waals surface area contributed by atoms with Crippen LogP contribution in [0.3, 0.4) is 0 Å². The van der Waals surface area contributed by atoms with Gasteiger partial charge in [-0.05, 0) is 29.3 Å². The maximum absolute atomic E-state index is 12.1. The summed E-state index contributed by atoms with van der Waals surface area (Å²) in [5, 5.41) is 14.5. The first-order valence-electron chi connectivity index (χ1n) is 8.66. The predicted molar refractivity (Wildman–Crippen MR) is 99.6 cm³/mol. The highest BCUT2D eigenvalue weighted by Crippen LogP contribution is 2.11. The molecule has 2 amide bonds. The SMILES string of the molecule is N#Cc1cccc(NC(=O)NCc2cccc(CN3CCOCC3)c2)c1. The third-order valence-electron chi connectivity index (χ3n) is 4.20. The summed E-state index contributed by atoms with van der Waals surface area (Å²) in [4.78, 5) is 14.4. The van der Waals surface area contributed by atoms with Crippen molar-refractivity contribution in [3.05, 3.63) is 65.2 Å². The van der Waals surface area contributed by atoms with Crippen LogP contribution in [0.4, 0.5) is 10.5 Å². The Labute approximate surface area is 153 Å². The number of urea groups is 1. The Morgan fingerprint density at radius 1 is 1.12 bits per heavy atom. The number of ether oxygens (including phenoxy) is 1. The van der Waals surface area contributed by atoms with E-state index in [1.807, 2.05) is 12.1 Å². The van der Waals surface area contributed by atoms with Crippen LogP contribution in [0.5, 0.6) is 0 Å². The van der Waals surface area contributed by atoms with Crippen LogP contribution in [0.25, 0.3) is 0 Å². The molecule has 1 saturated heterocycles. The summed E-state index contributed by atoms with van der Waals surface area (Å²) in [6, 6.07) is 16.8. The molecular formula is C20H22N4O2. The summed E-state index contributed by atoms with van der Waals surface area (Å²) in [5.41, 5.74) is 3.39. The quantitative estimate of drug-likeness (QED) is 0.869. The van der Waals surface area contributed by atoms with Crippen LogP contribution in [0.15, 0.2) is 48.5 Å². The number of rotatable bonds is 5. The van der Waals surface area contributed by atoms with Gasteiger partial charge in [-0.1, -0.05) is 30.3 Å². The van der Waals surface area contributed by atoms with Gasteiger partial charge in [0.2, 0.25) is 0 Å². The molecular weight excluding hydrogens is 328 g/mol. The van der Waals surface area contributed by atoms with Gasteiger partial charge in [0.15, 0.2) is 0 Å². The molecule has 1 fully saturated rings. The van der Waals surface area contributed by atoms with Gasteiger partial charge in [-0.15, -0.1) is 0 Å². The molecule has 0 aliphatic carbocycles. The molecule has 0 bridgehead atoms. The van der Waals surface area contributed by atoms with Crippen LogP contribution in [0, 0.1) is 11.3 Å². The molecule has 6 heteroatoms. The second-order valence-corrected chi connectivity index (χ2v) is 6.21. The van der Waals surface area contributed by atoms with Gasteiger partial charge in [-0.3, -0.25) is 4.90 Å².